The van der Waals surface area contributed by atoms with E-state index in [1.54, 1.807) is 0 Å². The van der Waals surface area contributed by atoms with Gasteiger partial charge >= 0.3 is 5.97 Å². The Morgan fingerprint density at radius 2 is 1.84 bits per heavy atom. The third kappa shape index (κ3) is 6.47. The Kier molecular flexibility index (Phi) is 8.08. The lowest BCUT2D eigenvalue weighted by Crippen LogP contribution is -2.29. The quantitative estimate of drug-likeness (QED) is 0.455. The number of nitrogens with one attached hydrogen (secondary N) is 1. The molecule has 170 valence electrons. The predicted molar refractivity (Wildman–Crippen MR) is 116 cm³/mol. The number of hydrogen-bond donors (Lipinski definition) is 3. The number of aliphatic carboxylic acids is 1. The maximum atomic E-state index is 12.5. The van der Waals surface area contributed by atoms with Crippen molar-refractivity contribution in [2.75, 3.05) is 13.2 Å². The van der Waals surface area contributed by atoms with Crippen molar-refractivity contribution < 1.29 is 34.1 Å². The van der Waals surface area contributed by atoms with Gasteiger partial charge < -0.3 is 25.0 Å². The molecule has 8 nitrogen and oxygen atoms in total. The molecule has 0 saturated carbocycles. The van der Waals surface area contributed by atoms with Gasteiger partial charge in [-0.15, -0.1) is 0 Å². The molecule has 1 atom stereocenters. The molecular formula is C24H27NO7. The van der Waals surface area contributed by atoms with Gasteiger partial charge in [0.15, 0.2) is 12.4 Å². The van der Waals surface area contributed by atoms with Gasteiger partial charge in [0.25, 0.3) is 5.91 Å². The molecule has 0 aromatic heterocycles. The van der Waals surface area contributed by atoms with Gasteiger partial charge in [-0.25, -0.2) is 0 Å². The number of Topliss-reactive ketones (excluding diaryl/α,β-unsaturated/α-hetero) is 1. The summed E-state index contributed by atoms with van der Waals surface area (Å²) in [6, 6.07) is 12.2. The van der Waals surface area contributed by atoms with Crippen molar-refractivity contribution in [2.24, 2.45) is 0 Å². The zero-order valence-corrected chi connectivity index (χ0v) is 17.7. The number of unbranched alkanes of at least 4 members (excludes halogenated alkanes) is 3. The molecule has 0 aliphatic carbocycles. The number of ether oxygens (including phenoxy) is 2. The standard InChI is InChI=1S/C24H27NO7/c26-18-12-17(31-15-22(28)25-11-7-2-1-6-10-23(29)30)13-21-24(18)19(27)14-20(32-21)16-8-4-3-5-9-16/h3-5,8-9,12-13,20,26H,1-2,6-7,10-11,14-15H2,(H,25,28)(H,29,30). The first-order chi connectivity index (χ1) is 15.4. The minimum atomic E-state index is -0.797. The van der Waals surface area contributed by atoms with E-state index in [0.29, 0.717) is 13.0 Å². The lowest BCUT2D eigenvalue weighted by molar-refractivity contribution is -0.137. The summed E-state index contributed by atoms with van der Waals surface area (Å²) in [4.78, 5) is 35.0. The Labute approximate surface area is 186 Å². The van der Waals surface area contributed by atoms with E-state index < -0.39 is 12.1 Å². The summed E-state index contributed by atoms with van der Waals surface area (Å²) in [7, 11) is 0. The maximum Gasteiger partial charge on any atom is 0.303 e. The van der Waals surface area contributed by atoms with Crippen LogP contribution in [-0.4, -0.2) is 41.0 Å². The Balaban J connectivity index is 1.50. The zero-order chi connectivity index (χ0) is 22.9. The molecule has 0 radical (unpaired) electrons. The van der Waals surface area contributed by atoms with Crippen LogP contribution >= 0.6 is 0 Å². The number of carboxylic acid groups (broad SMARTS) is 1. The number of ketones is 1. The van der Waals surface area contributed by atoms with E-state index in [1.807, 2.05) is 30.3 Å². The van der Waals surface area contributed by atoms with Gasteiger partial charge in [0.05, 0.1) is 6.42 Å². The number of carbonyl (C=O) groups excluding carboxylic acids is 2. The molecule has 32 heavy (non-hydrogen) atoms. The van der Waals surface area contributed by atoms with Crippen LogP contribution in [0.4, 0.5) is 0 Å². The lowest BCUT2D eigenvalue weighted by atomic mass is 9.95. The van der Waals surface area contributed by atoms with E-state index >= 15 is 0 Å². The van der Waals surface area contributed by atoms with Gasteiger partial charge in [0.2, 0.25) is 0 Å². The fraction of sp³-hybridized carbons (Fsp3) is 0.375. The number of hydrogen-bond acceptors (Lipinski definition) is 6. The zero-order valence-electron chi connectivity index (χ0n) is 17.7. The summed E-state index contributed by atoms with van der Waals surface area (Å²) in [5.41, 5.74) is 0.983. The molecule has 1 aliphatic heterocycles. The van der Waals surface area contributed by atoms with Crippen LogP contribution in [0.2, 0.25) is 0 Å². The number of amides is 1. The van der Waals surface area contributed by atoms with Gasteiger partial charge in [-0.05, 0) is 18.4 Å². The minimum Gasteiger partial charge on any atom is -0.507 e. The average Bonchev–Trinajstić information content (AvgIpc) is 2.77. The summed E-state index contributed by atoms with van der Waals surface area (Å²) in [6.07, 6.45) is 2.85. The van der Waals surface area contributed by atoms with Crippen molar-refractivity contribution in [3.05, 3.63) is 53.6 Å². The van der Waals surface area contributed by atoms with E-state index in [4.69, 9.17) is 14.6 Å². The highest BCUT2D eigenvalue weighted by atomic mass is 16.5. The van der Waals surface area contributed by atoms with Crippen molar-refractivity contribution in [1.29, 1.82) is 0 Å². The summed E-state index contributed by atoms with van der Waals surface area (Å²) < 4.78 is 11.4. The fourth-order valence-corrected chi connectivity index (χ4v) is 3.53. The molecule has 0 saturated heterocycles. The second kappa shape index (κ2) is 11.2. The van der Waals surface area contributed by atoms with Crippen LogP contribution in [0.25, 0.3) is 0 Å². The first-order valence-corrected chi connectivity index (χ1v) is 10.7. The Hall–Kier alpha value is -3.55. The first-order valence-electron chi connectivity index (χ1n) is 10.7. The molecule has 1 aliphatic rings. The highest BCUT2D eigenvalue weighted by Gasteiger charge is 2.30. The maximum absolute atomic E-state index is 12.5. The summed E-state index contributed by atoms with van der Waals surface area (Å²) in [6.45, 7) is 0.231. The molecular weight excluding hydrogens is 414 g/mol. The van der Waals surface area contributed by atoms with Crippen molar-refractivity contribution >= 4 is 17.7 Å². The highest BCUT2D eigenvalue weighted by molar-refractivity contribution is 6.02. The van der Waals surface area contributed by atoms with Crippen LogP contribution < -0.4 is 14.8 Å². The van der Waals surface area contributed by atoms with Crippen molar-refractivity contribution in [3.8, 4) is 17.2 Å². The van der Waals surface area contributed by atoms with E-state index in [2.05, 4.69) is 5.32 Å². The molecule has 8 heteroatoms. The van der Waals surface area contributed by atoms with E-state index in [1.165, 1.54) is 12.1 Å². The average molecular weight is 441 g/mol. The van der Waals surface area contributed by atoms with Crippen molar-refractivity contribution in [2.45, 2.75) is 44.6 Å². The van der Waals surface area contributed by atoms with Gasteiger partial charge in [0.1, 0.15) is 28.9 Å². The number of aromatic hydroxyl groups is 1. The molecule has 3 rings (SSSR count). The Bertz CT molecular complexity index is 958. The fourth-order valence-electron chi connectivity index (χ4n) is 3.53. The molecule has 1 heterocycles. The smallest absolute Gasteiger partial charge is 0.303 e. The van der Waals surface area contributed by atoms with Gasteiger partial charge in [-0.2, -0.15) is 0 Å². The minimum absolute atomic E-state index is 0.122. The largest absolute Gasteiger partial charge is 0.507 e. The number of carbonyl (C=O) groups is 3. The third-order valence-electron chi connectivity index (χ3n) is 5.15. The molecule has 2 aromatic rings. The monoisotopic (exact) mass is 441 g/mol. The van der Waals surface area contributed by atoms with Crippen LogP contribution in [-0.2, 0) is 9.59 Å². The van der Waals surface area contributed by atoms with Gasteiger partial charge in [-0.3, -0.25) is 14.4 Å². The third-order valence-corrected chi connectivity index (χ3v) is 5.15. The van der Waals surface area contributed by atoms with Crippen LogP contribution in [0.5, 0.6) is 17.2 Å². The topological polar surface area (TPSA) is 122 Å². The van der Waals surface area contributed by atoms with Crippen LogP contribution in [0.15, 0.2) is 42.5 Å². The van der Waals surface area contributed by atoms with E-state index in [9.17, 15) is 19.5 Å². The second-order valence-electron chi connectivity index (χ2n) is 7.66. The van der Waals surface area contributed by atoms with E-state index in [-0.39, 0.29) is 54.0 Å². The number of phenolic OH excluding ortho intramolecular Hbond substituents is 1. The van der Waals surface area contributed by atoms with Crippen molar-refractivity contribution in [3.63, 3.8) is 0 Å². The van der Waals surface area contributed by atoms with E-state index in [0.717, 1.165) is 24.8 Å². The summed E-state index contributed by atoms with van der Waals surface area (Å²) in [5, 5.41) is 21.6. The van der Waals surface area contributed by atoms with Crippen LogP contribution in [0.3, 0.4) is 0 Å². The van der Waals surface area contributed by atoms with Crippen LogP contribution in [0, 0.1) is 0 Å². The summed E-state index contributed by atoms with van der Waals surface area (Å²) in [5.74, 6) is -1.11. The van der Waals surface area contributed by atoms with Crippen molar-refractivity contribution in [1.82, 2.24) is 5.32 Å². The molecule has 0 fully saturated rings. The molecule has 2 aromatic carbocycles. The number of rotatable bonds is 11. The first kappa shape index (κ1) is 23.1. The predicted octanol–water partition coefficient (Wildman–Crippen LogP) is 3.63. The Morgan fingerprint density at radius 1 is 1.09 bits per heavy atom. The molecule has 1 unspecified atom stereocenters. The SMILES string of the molecule is O=C(O)CCCCCCNC(=O)COc1cc(O)c2c(c1)OC(c1ccccc1)CC2=O. The second-order valence-corrected chi connectivity index (χ2v) is 7.66. The Morgan fingerprint density at radius 3 is 2.59 bits per heavy atom. The number of phenols is 1. The molecule has 1 amide bonds. The lowest BCUT2D eigenvalue weighted by Gasteiger charge is -2.26. The van der Waals surface area contributed by atoms with Gasteiger partial charge in [0, 0.05) is 25.1 Å². The molecule has 0 bridgehead atoms. The highest BCUT2D eigenvalue weighted by Crippen LogP contribution is 2.41. The number of fused-ring (bicyclic) bond motifs is 1. The van der Waals surface area contributed by atoms with Crippen LogP contribution in [0.1, 0.15) is 60.6 Å². The molecule has 0 spiro atoms. The number of carboxylic acids is 1. The normalized spacial score (nSPS) is 14.9. The summed E-state index contributed by atoms with van der Waals surface area (Å²) >= 11 is 0. The van der Waals surface area contributed by atoms with Gasteiger partial charge in [-0.1, -0.05) is 43.2 Å². The number of benzene rings is 2. The molecule has 3 N–H and O–H groups in total.